The zero-order valence-corrected chi connectivity index (χ0v) is 28.0. The molecule has 0 aromatic heterocycles. The fraction of sp³-hybridized carbons (Fsp3) is 0.500. The van der Waals surface area contributed by atoms with Crippen LogP contribution in [0.2, 0.25) is 0 Å². The second-order valence-corrected chi connectivity index (χ2v) is 11.7. The molecule has 1 fully saturated rings. The fourth-order valence-corrected chi connectivity index (χ4v) is 5.62. The summed E-state index contributed by atoms with van der Waals surface area (Å²) in [6.45, 7) is 13.3. The molecule has 2 heterocycles. The number of hydrogen-bond donors (Lipinski definition) is 2. The van der Waals surface area contributed by atoms with E-state index < -0.39 is 0 Å². The lowest BCUT2D eigenvalue weighted by atomic mass is 9.84. The Morgan fingerprint density at radius 1 is 1.02 bits per heavy atom. The minimum absolute atomic E-state index is 0. The van der Waals surface area contributed by atoms with Crippen molar-refractivity contribution >= 4 is 46.1 Å². The number of rotatable bonds is 9. The van der Waals surface area contributed by atoms with Crippen molar-refractivity contribution in [3.05, 3.63) is 52.1 Å². The van der Waals surface area contributed by atoms with Crippen LogP contribution in [0.4, 0.5) is 5.69 Å². The Bertz CT molecular complexity index is 1400. The highest BCUT2D eigenvalue weighted by molar-refractivity contribution is 8.93. The van der Waals surface area contributed by atoms with Gasteiger partial charge in [-0.3, -0.25) is 19.8 Å². The minimum Gasteiger partial charge on any atom is -0.494 e. The van der Waals surface area contributed by atoms with Crippen LogP contribution in [0, 0.1) is 5.41 Å². The summed E-state index contributed by atoms with van der Waals surface area (Å²) in [4.78, 5) is 44.4. The molecule has 0 atom stereocenters. The van der Waals surface area contributed by atoms with Gasteiger partial charge in [-0.1, -0.05) is 27.7 Å². The van der Waals surface area contributed by atoms with Gasteiger partial charge in [-0.05, 0) is 42.2 Å². The summed E-state index contributed by atoms with van der Waals surface area (Å²) in [6.07, 6.45) is 0.483. The summed E-state index contributed by atoms with van der Waals surface area (Å²) in [5, 5.41) is 11.5. The molecule has 0 bridgehead atoms. The smallest absolute Gasteiger partial charge is 0.254 e. The van der Waals surface area contributed by atoms with Crippen LogP contribution in [0.15, 0.2) is 24.3 Å². The van der Waals surface area contributed by atoms with Crippen molar-refractivity contribution in [3.8, 4) is 11.5 Å². The van der Waals surface area contributed by atoms with E-state index in [2.05, 4.69) is 31.0 Å². The van der Waals surface area contributed by atoms with Crippen LogP contribution in [-0.2, 0) is 16.8 Å². The van der Waals surface area contributed by atoms with E-state index in [0.717, 1.165) is 22.6 Å². The fourth-order valence-electron chi connectivity index (χ4n) is 5.62. The molecule has 2 aromatic rings. The molecule has 1 saturated heterocycles. The standard InChI is InChI=1S/C32H43N5O5.BrH/c1-8-28(39)36-12-10-35(11-13-36)25-15-20(14-24(29(25)41-7)32(3,4)5)26(38)19-37-18-21-16-27(42-9-2)23(31(40)34-6)17-22(21)30(37)33;/h14-17,33H,8-13,18-19H2,1-7H3,(H,34,40);1H. The Morgan fingerprint density at radius 2 is 1.70 bits per heavy atom. The number of ether oxygens (including phenoxy) is 2. The molecule has 4 rings (SSSR count). The normalized spacial score (nSPS) is 14.7. The number of fused-ring (bicyclic) bond motifs is 1. The van der Waals surface area contributed by atoms with E-state index in [1.54, 1.807) is 31.2 Å². The molecule has 2 amide bonds. The predicted molar refractivity (Wildman–Crippen MR) is 174 cm³/mol. The molecular weight excluding hydrogens is 614 g/mol. The Hall–Kier alpha value is -3.60. The number of carbonyl (C=O) groups excluding carboxylic acids is 3. The maximum atomic E-state index is 13.8. The number of amides is 2. The lowest BCUT2D eigenvalue weighted by molar-refractivity contribution is -0.131. The number of Topliss-reactive ketones (excluding diaryl/α,β-unsaturated/α-hetero) is 1. The first-order valence-electron chi connectivity index (χ1n) is 14.6. The Kier molecular flexibility index (Phi) is 10.9. The Morgan fingerprint density at radius 3 is 2.26 bits per heavy atom. The monoisotopic (exact) mass is 657 g/mol. The maximum absolute atomic E-state index is 13.8. The van der Waals surface area contributed by atoms with Gasteiger partial charge in [0.1, 0.15) is 17.3 Å². The van der Waals surface area contributed by atoms with Crippen molar-refractivity contribution in [1.29, 1.82) is 5.41 Å². The number of nitrogens with zero attached hydrogens (tertiary/aromatic N) is 3. The van der Waals surface area contributed by atoms with E-state index in [0.29, 0.717) is 68.2 Å². The molecule has 2 N–H and O–H groups in total. The van der Waals surface area contributed by atoms with Gasteiger partial charge in [0, 0.05) is 62.9 Å². The molecule has 0 aliphatic carbocycles. The number of piperazine rings is 1. The van der Waals surface area contributed by atoms with Gasteiger partial charge in [-0.25, -0.2) is 0 Å². The average molecular weight is 659 g/mol. The summed E-state index contributed by atoms with van der Waals surface area (Å²) in [5.41, 5.74) is 3.85. The topological polar surface area (TPSA) is 115 Å². The number of ketones is 1. The van der Waals surface area contributed by atoms with E-state index in [1.807, 2.05) is 30.9 Å². The summed E-state index contributed by atoms with van der Waals surface area (Å²) in [5.74, 6) is 1.15. The van der Waals surface area contributed by atoms with Gasteiger partial charge in [0.15, 0.2) is 5.78 Å². The van der Waals surface area contributed by atoms with Crippen molar-refractivity contribution in [1.82, 2.24) is 15.1 Å². The number of amidine groups is 1. The average Bonchev–Trinajstić information content (AvgIpc) is 3.28. The number of nitrogens with one attached hydrogen (secondary N) is 2. The van der Waals surface area contributed by atoms with Gasteiger partial charge in [0.05, 0.1) is 31.5 Å². The summed E-state index contributed by atoms with van der Waals surface area (Å²) in [7, 11) is 3.21. The van der Waals surface area contributed by atoms with E-state index in [-0.39, 0.29) is 52.4 Å². The van der Waals surface area contributed by atoms with E-state index in [1.165, 1.54) is 0 Å². The third kappa shape index (κ3) is 6.98. The van der Waals surface area contributed by atoms with Crippen molar-refractivity contribution in [2.24, 2.45) is 0 Å². The van der Waals surface area contributed by atoms with Gasteiger partial charge in [0.25, 0.3) is 5.91 Å². The first kappa shape index (κ1) is 33.9. The molecule has 0 spiro atoms. The molecule has 2 aromatic carbocycles. The lowest BCUT2D eigenvalue weighted by Crippen LogP contribution is -2.48. The molecule has 2 aliphatic rings. The van der Waals surface area contributed by atoms with Crippen LogP contribution >= 0.6 is 17.0 Å². The van der Waals surface area contributed by atoms with Gasteiger partial charge in [0.2, 0.25) is 5.91 Å². The summed E-state index contributed by atoms with van der Waals surface area (Å²) < 4.78 is 11.6. The first-order chi connectivity index (χ1) is 19.9. The third-order valence-corrected chi connectivity index (χ3v) is 7.92. The van der Waals surface area contributed by atoms with Crippen LogP contribution < -0.4 is 19.7 Å². The molecule has 43 heavy (non-hydrogen) atoms. The number of hydrogen-bond acceptors (Lipinski definition) is 7. The highest BCUT2D eigenvalue weighted by Crippen LogP contribution is 2.41. The largest absolute Gasteiger partial charge is 0.494 e. The highest BCUT2D eigenvalue weighted by atomic mass is 79.9. The molecule has 0 unspecified atom stereocenters. The third-order valence-electron chi connectivity index (χ3n) is 7.92. The number of halogens is 1. The second-order valence-electron chi connectivity index (χ2n) is 11.7. The molecular formula is C32H44BrN5O5. The zero-order chi connectivity index (χ0) is 30.8. The molecule has 0 saturated carbocycles. The van der Waals surface area contributed by atoms with Crippen molar-refractivity contribution < 1.29 is 23.9 Å². The van der Waals surface area contributed by atoms with Crippen molar-refractivity contribution in [2.75, 3.05) is 58.4 Å². The van der Waals surface area contributed by atoms with E-state index >= 15 is 0 Å². The second kappa shape index (κ2) is 13.8. The molecule has 234 valence electrons. The minimum atomic E-state index is -0.293. The number of anilines is 1. The van der Waals surface area contributed by atoms with E-state index in [4.69, 9.17) is 14.9 Å². The maximum Gasteiger partial charge on any atom is 0.254 e. The quantitative estimate of drug-likeness (QED) is 0.384. The molecule has 2 aliphatic heterocycles. The van der Waals surface area contributed by atoms with Crippen LogP contribution in [0.3, 0.4) is 0 Å². The predicted octanol–water partition coefficient (Wildman–Crippen LogP) is 4.41. The summed E-state index contributed by atoms with van der Waals surface area (Å²) in [6, 6.07) is 7.27. The van der Waals surface area contributed by atoms with Crippen LogP contribution in [0.25, 0.3) is 0 Å². The van der Waals surface area contributed by atoms with Crippen LogP contribution in [0.1, 0.15) is 78.4 Å². The molecule has 0 radical (unpaired) electrons. The zero-order valence-electron chi connectivity index (χ0n) is 26.3. The van der Waals surface area contributed by atoms with Crippen LogP contribution in [-0.4, -0.2) is 86.7 Å². The van der Waals surface area contributed by atoms with Crippen molar-refractivity contribution in [2.45, 2.75) is 53.0 Å². The highest BCUT2D eigenvalue weighted by Gasteiger charge is 2.32. The van der Waals surface area contributed by atoms with Gasteiger partial charge in [-0.2, -0.15) is 0 Å². The number of benzene rings is 2. The Labute approximate surface area is 265 Å². The molecule has 11 heteroatoms. The lowest BCUT2D eigenvalue weighted by Gasteiger charge is -2.38. The molecule has 10 nitrogen and oxygen atoms in total. The van der Waals surface area contributed by atoms with Crippen molar-refractivity contribution in [3.63, 3.8) is 0 Å². The number of methoxy groups -OCH3 is 1. The first-order valence-corrected chi connectivity index (χ1v) is 14.6. The number of carbonyl (C=O) groups is 3. The van der Waals surface area contributed by atoms with Gasteiger partial charge < -0.3 is 29.5 Å². The SMILES string of the molecule is Br.CCOc1cc2c(cc1C(=O)NC)C(=N)N(CC(=O)c1cc(N3CCN(C(=O)CC)CC3)c(OC)c(C(C)(C)C)c1)C2. The van der Waals surface area contributed by atoms with E-state index in [9.17, 15) is 14.4 Å². The van der Waals surface area contributed by atoms with Gasteiger partial charge >= 0.3 is 0 Å². The van der Waals surface area contributed by atoms with Gasteiger partial charge in [-0.15, -0.1) is 17.0 Å². The van der Waals surface area contributed by atoms with Crippen LogP contribution in [0.5, 0.6) is 11.5 Å². The Balaban J connectivity index is 0.00000506. The summed E-state index contributed by atoms with van der Waals surface area (Å²) >= 11 is 0.